The van der Waals surface area contributed by atoms with Gasteiger partial charge in [-0.05, 0) is 56.3 Å². The van der Waals surface area contributed by atoms with Crippen LogP contribution >= 0.6 is 0 Å². The normalized spacial score (nSPS) is 32.8. The fourth-order valence-electron chi connectivity index (χ4n) is 6.41. The largest absolute Gasteiger partial charge is 0.444 e. The Morgan fingerprint density at radius 1 is 1.03 bits per heavy atom. The minimum atomic E-state index is -0.823. The molecule has 0 radical (unpaired) electrons. The molecule has 3 fully saturated rings. The van der Waals surface area contributed by atoms with Crippen LogP contribution in [-0.4, -0.2) is 59.4 Å². The molecule has 0 aromatic rings. The lowest BCUT2D eigenvalue weighted by molar-refractivity contribution is -0.144. The number of hydrogen-bond acceptors (Lipinski definition) is 5. The number of alkyl carbamates (subject to hydrolysis) is 1. The summed E-state index contributed by atoms with van der Waals surface area (Å²) in [6.07, 6.45) is 8.90. The van der Waals surface area contributed by atoms with E-state index in [4.69, 9.17) is 4.74 Å². The maximum atomic E-state index is 14.2. The summed E-state index contributed by atoms with van der Waals surface area (Å²) in [6.45, 7) is 14.2. The van der Waals surface area contributed by atoms with Gasteiger partial charge >= 0.3 is 6.09 Å². The van der Waals surface area contributed by atoms with Crippen LogP contribution in [-0.2, 0) is 19.1 Å². The molecule has 0 spiro atoms. The number of fused-ring (bicyclic) bond motifs is 3. The van der Waals surface area contributed by atoms with E-state index < -0.39 is 35.2 Å². The molecule has 37 heavy (non-hydrogen) atoms. The smallest absolute Gasteiger partial charge is 0.408 e. The van der Waals surface area contributed by atoms with Crippen LogP contribution in [0.3, 0.4) is 0 Å². The Labute approximate surface area is 223 Å². The lowest BCUT2D eigenvalue weighted by Gasteiger charge is -2.39. The molecule has 5 atom stereocenters. The number of aldehydes is 1. The van der Waals surface area contributed by atoms with E-state index in [0.29, 0.717) is 13.0 Å². The highest BCUT2D eigenvalue weighted by Crippen LogP contribution is 2.65. The second-order valence-electron chi connectivity index (χ2n) is 13.7. The highest BCUT2D eigenvalue weighted by molar-refractivity contribution is 5.94. The van der Waals surface area contributed by atoms with Gasteiger partial charge in [-0.1, -0.05) is 72.6 Å². The molecule has 1 aliphatic carbocycles. The van der Waals surface area contributed by atoms with E-state index in [2.05, 4.69) is 24.5 Å². The van der Waals surface area contributed by atoms with E-state index in [-0.39, 0.29) is 29.1 Å². The number of ether oxygens (including phenoxy) is 1. The monoisotopic (exact) mass is 519 g/mol. The summed E-state index contributed by atoms with van der Waals surface area (Å²) >= 11 is 0. The van der Waals surface area contributed by atoms with Crippen molar-refractivity contribution in [2.24, 2.45) is 22.7 Å². The topological polar surface area (TPSA) is 105 Å². The lowest BCUT2D eigenvalue weighted by Crippen LogP contribution is -2.60. The van der Waals surface area contributed by atoms with Gasteiger partial charge in [0.25, 0.3) is 0 Å². The first kappa shape index (κ1) is 29.4. The van der Waals surface area contributed by atoms with Crippen molar-refractivity contribution in [3.63, 3.8) is 0 Å². The molecule has 8 heteroatoms. The van der Waals surface area contributed by atoms with E-state index in [9.17, 15) is 19.2 Å². The van der Waals surface area contributed by atoms with Gasteiger partial charge in [0.1, 0.15) is 24.0 Å². The van der Waals surface area contributed by atoms with Gasteiger partial charge in [-0.3, -0.25) is 9.59 Å². The van der Waals surface area contributed by atoms with Gasteiger partial charge in [-0.2, -0.15) is 0 Å². The van der Waals surface area contributed by atoms with E-state index in [1.807, 2.05) is 13.8 Å². The summed E-state index contributed by atoms with van der Waals surface area (Å²) in [7, 11) is 0. The summed E-state index contributed by atoms with van der Waals surface area (Å²) in [5, 5.41) is 5.83. The predicted octanol–water partition coefficient (Wildman–Crippen LogP) is 4.60. The lowest BCUT2D eigenvalue weighted by atomic mass is 9.78. The molecule has 0 bridgehead atoms. The molecule has 3 rings (SSSR count). The molecule has 0 aromatic carbocycles. The van der Waals surface area contributed by atoms with Crippen LogP contribution in [0.4, 0.5) is 4.79 Å². The molecule has 2 heterocycles. The average Bonchev–Trinajstić information content (AvgIpc) is 3.12. The van der Waals surface area contributed by atoms with Crippen LogP contribution in [0, 0.1) is 22.7 Å². The first-order valence-corrected chi connectivity index (χ1v) is 14.2. The third kappa shape index (κ3) is 7.05. The fraction of sp³-hybridized carbons (Fsp3) is 0.862. The number of rotatable bonds is 2. The quantitative estimate of drug-likeness (QED) is 0.519. The Bertz CT molecular complexity index is 862. The highest BCUT2D eigenvalue weighted by Gasteiger charge is 2.69. The number of carbonyl (C=O) groups excluding carboxylic acids is 4. The van der Waals surface area contributed by atoms with Gasteiger partial charge in [0, 0.05) is 6.54 Å². The van der Waals surface area contributed by atoms with Gasteiger partial charge in [0.05, 0.1) is 6.04 Å². The zero-order chi connectivity index (χ0) is 27.6. The molecule has 2 aliphatic heterocycles. The second kappa shape index (κ2) is 11.3. The maximum Gasteiger partial charge on any atom is 0.408 e. The van der Waals surface area contributed by atoms with Crippen molar-refractivity contribution in [1.29, 1.82) is 0 Å². The third-order valence-electron chi connectivity index (χ3n) is 8.78. The fourth-order valence-corrected chi connectivity index (χ4v) is 6.41. The van der Waals surface area contributed by atoms with Gasteiger partial charge < -0.3 is 25.1 Å². The van der Waals surface area contributed by atoms with Crippen molar-refractivity contribution in [1.82, 2.24) is 15.5 Å². The summed E-state index contributed by atoms with van der Waals surface area (Å²) in [6, 6.07) is -2.02. The number of carbonyl (C=O) groups is 4. The molecule has 8 nitrogen and oxygen atoms in total. The molecule has 3 amide bonds. The van der Waals surface area contributed by atoms with E-state index in [0.717, 1.165) is 57.7 Å². The summed E-state index contributed by atoms with van der Waals surface area (Å²) in [5.41, 5.74) is -1.27. The number of piperidine rings is 1. The van der Waals surface area contributed by atoms with Crippen molar-refractivity contribution in [3.8, 4) is 0 Å². The van der Waals surface area contributed by atoms with E-state index in [1.54, 1.807) is 25.7 Å². The van der Waals surface area contributed by atoms with Crippen LogP contribution < -0.4 is 10.6 Å². The third-order valence-corrected chi connectivity index (χ3v) is 8.78. The van der Waals surface area contributed by atoms with Crippen molar-refractivity contribution >= 4 is 24.2 Å². The number of amides is 3. The van der Waals surface area contributed by atoms with Crippen molar-refractivity contribution in [3.05, 3.63) is 0 Å². The molecule has 2 saturated heterocycles. The first-order chi connectivity index (χ1) is 17.2. The molecule has 2 unspecified atom stereocenters. The SMILES string of the molecule is CC(C)(C)OC(=O)N[C@@H]1C(=O)N2CC3C([C@H]2C(=O)N[C@H](C=O)CCCCCCCCCC1(C)C)C3(C)C. The Morgan fingerprint density at radius 2 is 1.62 bits per heavy atom. The maximum absolute atomic E-state index is 14.2. The average molecular weight is 520 g/mol. The zero-order valence-corrected chi connectivity index (χ0v) is 24.0. The van der Waals surface area contributed by atoms with Crippen LogP contribution in [0.15, 0.2) is 0 Å². The van der Waals surface area contributed by atoms with Gasteiger partial charge in [0.2, 0.25) is 11.8 Å². The van der Waals surface area contributed by atoms with Crippen molar-refractivity contribution in [2.75, 3.05) is 6.54 Å². The van der Waals surface area contributed by atoms with E-state index >= 15 is 0 Å². The number of nitrogens with one attached hydrogen (secondary N) is 2. The molecule has 0 aromatic heterocycles. The molecule has 2 N–H and O–H groups in total. The summed E-state index contributed by atoms with van der Waals surface area (Å²) in [4.78, 5) is 54.1. The zero-order valence-electron chi connectivity index (χ0n) is 24.0. The second-order valence-corrected chi connectivity index (χ2v) is 13.7. The van der Waals surface area contributed by atoms with Crippen molar-refractivity contribution < 1.29 is 23.9 Å². The Balaban J connectivity index is 1.91. The Kier molecular flexibility index (Phi) is 9.01. The molecule has 1 saturated carbocycles. The van der Waals surface area contributed by atoms with Crippen LogP contribution in [0.5, 0.6) is 0 Å². The van der Waals surface area contributed by atoms with E-state index in [1.165, 1.54) is 0 Å². The van der Waals surface area contributed by atoms with Crippen LogP contribution in [0.2, 0.25) is 0 Å². The molecule has 3 aliphatic rings. The summed E-state index contributed by atoms with van der Waals surface area (Å²) in [5.74, 6) is -0.249. The van der Waals surface area contributed by atoms with Crippen LogP contribution in [0.1, 0.15) is 106 Å². The van der Waals surface area contributed by atoms with Crippen LogP contribution in [0.25, 0.3) is 0 Å². The molecular weight excluding hydrogens is 470 g/mol. The highest BCUT2D eigenvalue weighted by atomic mass is 16.6. The predicted molar refractivity (Wildman–Crippen MR) is 143 cm³/mol. The molecular formula is C29H49N3O5. The summed E-state index contributed by atoms with van der Waals surface area (Å²) < 4.78 is 5.52. The minimum Gasteiger partial charge on any atom is -0.444 e. The van der Waals surface area contributed by atoms with Gasteiger partial charge in [-0.25, -0.2) is 4.79 Å². The Hall–Kier alpha value is -2.12. The number of nitrogens with zero attached hydrogens (tertiary/aromatic N) is 1. The standard InChI is InChI=1S/C29H49N3O5/c1-27(2,3)37-26(36)31-23-25(35)32-17-20-21(29(20,6)7)22(32)24(34)30-19(18-33)15-13-11-9-8-10-12-14-16-28(23,4)5/h18-23H,8-17H2,1-7H3,(H,30,34)(H,31,36)/t19-,20?,21?,22-,23+/m0/s1. The molecule has 210 valence electrons. The van der Waals surface area contributed by atoms with Gasteiger partial charge in [0.15, 0.2) is 0 Å². The Morgan fingerprint density at radius 3 is 2.22 bits per heavy atom. The first-order valence-electron chi connectivity index (χ1n) is 14.2. The van der Waals surface area contributed by atoms with Crippen molar-refractivity contribution in [2.45, 2.75) is 130 Å². The minimum absolute atomic E-state index is 0.0381. The number of hydrogen-bond donors (Lipinski definition) is 2. The van der Waals surface area contributed by atoms with Gasteiger partial charge in [-0.15, -0.1) is 0 Å².